The van der Waals surface area contributed by atoms with Crippen molar-refractivity contribution >= 4 is 11.5 Å². The number of carbonyl (C=O) groups is 1. The molecule has 3 fully saturated rings. The summed E-state index contributed by atoms with van der Waals surface area (Å²) >= 11 is 0. The third-order valence-corrected chi connectivity index (χ3v) is 8.99. The topological polar surface area (TPSA) is 64.7 Å². The summed E-state index contributed by atoms with van der Waals surface area (Å²) in [5.41, 5.74) is 3.80. The van der Waals surface area contributed by atoms with E-state index in [1.807, 2.05) is 13.0 Å². The molecule has 3 unspecified atom stereocenters. The average molecular weight is 411 g/mol. The van der Waals surface area contributed by atoms with Crippen molar-refractivity contribution in [3.05, 3.63) is 29.2 Å². The third-order valence-electron chi connectivity index (χ3n) is 8.99. The summed E-state index contributed by atoms with van der Waals surface area (Å²) in [5.74, 6) is 3.42. The summed E-state index contributed by atoms with van der Waals surface area (Å²) < 4.78 is 5.09. The molecule has 0 N–H and O–H groups in total. The summed E-state index contributed by atoms with van der Waals surface area (Å²) in [6, 6.07) is 1.94. The highest BCUT2D eigenvalue weighted by Crippen LogP contribution is 2.64. The number of carbonyl (C=O) groups excluding carboxylic acids is 1. The maximum Gasteiger partial charge on any atom is 0.139 e. The molecule has 4 aliphatic carbocycles. The maximum absolute atomic E-state index is 12.6. The van der Waals surface area contributed by atoms with Gasteiger partial charge in [-0.3, -0.25) is 4.79 Å². The number of hydrogen-bond donors (Lipinski definition) is 0. The van der Waals surface area contributed by atoms with Gasteiger partial charge in [-0.15, -0.1) is 0 Å². The van der Waals surface area contributed by atoms with E-state index in [9.17, 15) is 4.79 Å². The zero-order valence-corrected chi connectivity index (χ0v) is 18.6. The lowest BCUT2D eigenvalue weighted by Gasteiger charge is -2.57. The minimum absolute atomic E-state index is 0.0315. The second-order valence-corrected chi connectivity index (χ2v) is 10.5. The molecular weight excluding hydrogens is 376 g/mol. The van der Waals surface area contributed by atoms with Gasteiger partial charge in [0.2, 0.25) is 0 Å². The van der Waals surface area contributed by atoms with E-state index in [0.29, 0.717) is 24.7 Å². The van der Waals surface area contributed by atoms with Crippen LogP contribution in [0.4, 0.5) is 0 Å². The lowest BCUT2D eigenvalue weighted by atomic mass is 9.47. The molecule has 5 atom stereocenters. The van der Waals surface area contributed by atoms with Gasteiger partial charge in [0.05, 0.1) is 11.4 Å². The number of rotatable bonds is 4. The molecule has 0 spiro atoms. The highest BCUT2D eigenvalue weighted by atomic mass is 16.6. The Bertz CT molecular complexity index is 900. The van der Waals surface area contributed by atoms with E-state index in [0.717, 1.165) is 67.5 Å². The molecule has 5 rings (SSSR count). The Morgan fingerprint density at radius 3 is 2.77 bits per heavy atom. The van der Waals surface area contributed by atoms with E-state index < -0.39 is 0 Å². The summed E-state index contributed by atoms with van der Waals surface area (Å²) in [7, 11) is 0. The SMILES string of the molecule is Cc1cc(CCO/N=C2/C=C3CCC4C(CC[C@]5(C)C(=O)CCC45)[C@@]3(C)CC2)no1. The Kier molecular flexibility index (Phi) is 4.90. The number of oxime groups is 1. The number of aryl methyl sites for hydroxylation is 1. The Hall–Kier alpha value is -1.91. The molecule has 30 heavy (non-hydrogen) atoms. The van der Waals surface area contributed by atoms with E-state index in [2.05, 4.69) is 30.2 Å². The molecular formula is C25H34N2O3. The van der Waals surface area contributed by atoms with E-state index in [-0.39, 0.29) is 10.8 Å². The van der Waals surface area contributed by atoms with Gasteiger partial charge in [0.25, 0.3) is 0 Å². The van der Waals surface area contributed by atoms with Gasteiger partial charge in [0, 0.05) is 24.3 Å². The van der Waals surface area contributed by atoms with Crippen LogP contribution in [0.1, 0.15) is 76.7 Å². The van der Waals surface area contributed by atoms with Crippen molar-refractivity contribution in [1.29, 1.82) is 0 Å². The van der Waals surface area contributed by atoms with Crippen molar-refractivity contribution in [2.45, 2.75) is 78.6 Å². The zero-order chi connectivity index (χ0) is 20.9. The molecule has 4 aliphatic rings. The van der Waals surface area contributed by atoms with Crippen LogP contribution in [-0.4, -0.2) is 23.3 Å². The number of Topliss-reactive ketones (excluding diaryl/α,β-unsaturated/α-hetero) is 1. The van der Waals surface area contributed by atoms with Crippen molar-refractivity contribution in [2.75, 3.05) is 6.61 Å². The van der Waals surface area contributed by atoms with Gasteiger partial charge in [-0.05, 0) is 81.1 Å². The molecule has 0 aliphatic heterocycles. The fraction of sp³-hybridized carbons (Fsp3) is 0.720. The van der Waals surface area contributed by atoms with E-state index in [1.165, 1.54) is 12.8 Å². The molecule has 0 radical (unpaired) electrons. The van der Waals surface area contributed by atoms with Crippen LogP contribution in [0.25, 0.3) is 0 Å². The van der Waals surface area contributed by atoms with Crippen molar-refractivity contribution in [3.63, 3.8) is 0 Å². The van der Waals surface area contributed by atoms with Gasteiger partial charge < -0.3 is 9.36 Å². The average Bonchev–Trinajstić information content (AvgIpc) is 3.28. The first kappa shape index (κ1) is 20.0. The van der Waals surface area contributed by atoms with E-state index >= 15 is 0 Å². The molecule has 5 heteroatoms. The first-order valence-electron chi connectivity index (χ1n) is 11.8. The highest BCUT2D eigenvalue weighted by molar-refractivity contribution is 5.96. The molecule has 5 nitrogen and oxygen atoms in total. The second-order valence-electron chi connectivity index (χ2n) is 10.5. The van der Waals surface area contributed by atoms with Crippen molar-refractivity contribution in [3.8, 4) is 0 Å². The predicted octanol–water partition coefficient (Wildman–Crippen LogP) is 5.43. The van der Waals surface area contributed by atoms with Crippen LogP contribution >= 0.6 is 0 Å². The molecule has 3 saturated carbocycles. The monoisotopic (exact) mass is 410 g/mol. The quantitative estimate of drug-likeness (QED) is 0.490. The van der Waals surface area contributed by atoms with Crippen LogP contribution in [0.2, 0.25) is 0 Å². The van der Waals surface area contributed by atoms with Crippen LogP contribution in [0.15, 0.2) is 27.4 Å². The van der Waals surface area contributed by atoms with Gasteiger partial charge >= 0.3 is 0 Å². The van der Waals surface area contributed by atoms with E-state index in [1.54, 1.807) is 5.57 Å². The molecule has 1 heterocycles. The van der Waals surface area contributed by atoms with Gasteiger partial charge in [0.1, 0.15) is 18.2 Å². The standard InChI is InChI=1S/C25H34N2O3/c1-16-14-19(27-30-16)10-13-29-26-18-8-11-24(2)17(15-18)4-5-20-21-6-7-23(28)25(21,3)12-9-22(20)24/h14-15,20-22H,4-13H2,1-3H3/b26-18+/t20?,21?,22?,24-,25-/m0/s1. The number of ketones is 1. The summed E-state index contributed by atoms with van der Waals surface area (Å²) in [6.45, 7) is 7.17. The Labute approximate surface area is 179 Å². The fourth-order valence-corrected chi connectivity index (χ4v) is 7.23. The first-order chi connectivity index (χ1) is 14.4. The minimum Gasteiger partial charge on any atom is -0.395 e. The predicted molar refractivity (Wildman–Crippen MR) is 115 cm³/mol. The Morgan fingerprint density at radius 2 is 1.97 bits per heavy atom. The van der Waals surface area contributed by atoms with Gasteiger partial charge in [0.15, 0.2) is 0 Å². The van der Waals surface area contributed by atoms with Crippen LogP contribution in [0, 0.1) is 35.5 Å². The third kappa shape index (κ3) is 3.16. The van der Waals surface area contributed by atoms with E-state index in [4.69, 9.17) is 9.36 Å². The fourth-order valence-electron chi connectivity index (χ4n) is 7.23. The number of aromatic nitrogens is 1. The molecule has 0 aromatic carbocycles. The Morgan fingerprint density at radius 1 is 1.13 bits per heavy atom. The first-order valence-corrected chi connectivity index (χ1v) is 11.8. The number of fused-ring (bicyclic) bond motifs is 5. The molecule has 162 valence electrons. The maximum atomic E-state index is 12.6. The van der Waals surface area contributed by atoms with Gasteiger partial charge in [-0.25, -0.2) is 0 Å². The largest absolute Gasteiger partial charge is 0.395 e. The lowest BCUT2D eigenvalue weighted by molar-refractivity contribution is -0.132. The minimum atomic E-state index is -0.0315. The molecule has 0 saturated heterocycles. The Balaban J connectivity index is 1.26. The highest BCUT2D eigenvalue weighted by Gasteiger charge is 2.58. The normalized spacial score (nSPS) is 39.3. The van der Waals surface area contributed by atoms with Crippen LogP contribution < -0.4 is 0 Å². The summed E-state index contributed by atoms with van der Waals surface area (Å²) in [4.78, 5) is 18.2. The molecule has 0 bridgehead atoms. The van der Waals surface area contributed by atoms with Crippen LogP contribution in [0.5, 0.6) is 0 Å². The van der Waals surface area contributed by atoms with Crippen molar-refractivity contribution < 1.29 is 14.2 Å². The smallest absolute Gasteiger partial charge is 0.139 e. The summed E-state index contributed by atoms with van der Waals surface area (Å²) in [5, 5.41) is 8.44. The van der Waals surface area contributed by atoms with Crippen molar-refractivity contribution in [2.24, 2.45) is 33.7 Å². The van der Waals surface area contributed by atoms with Crippen LogP contribution in [0.3, 0.4) is 0 Å². The number of allylic oxidation sites excluding steroid dienone is 2. The van der Waals surface area contributed by atoms with Crippen LogP contribution in [-0.2, 0) is 16.1 Å². The van der Waals surface area contributed by atoms with Gasteiger partial charge in [-0.2, -0.15) is 0 Å². The number of hydrogen-bond acceptors (Lipinski definition) is 5. The van der Waals surface area contributed by atoms with Crippen molar-refractivity contribution in [1.82, 2.24) is 5.16 Å². The van der Waals surface area contributed by atoms with Gasteiger partial charge in [-0.1, -0.05) is 29.7 Å². The zero-order valence-electron chi connectivity index (χ0n) is 18.6. The number of nitrogens with zero attached hydrogens (tertiary/aromatic N) is 2. The lowest BCUT2D eigenvalue weighted by Crippen LogP contribution is -2.50. The molecule has 1 aromatic rings. The second kappa shape index (κ2) is 7.35. The summed E-state index contributed by atoms with van der Waals surface area (Å²) in [6.07, 6.45) is 11.8. The molecule has 1 aromatic heterocycles. The molecule has 0 amide bonds.